The molecule has 3 N–H and O–H groups in total. The Morgan fingerprint density at radius 1 is 1.27 bits per heavy atom. The fourth-order valence-electron chi connectivity index (χ4n) is 3.14. The molecule has 8 nitrogen and oxygen atoms in total. The highest BCUT2D eigenvalue weighted by Gasteiger charge is 2.37. The van der Waals surface area contributed by atoms with Crippen molar-refractivity contribution in [3.63, 3.8) is 0 Å². The van der Waals surface area contributed by atoms with Crippen LogP contribution < -0.4 is 22.4 Å². The van der Waals surface area contributed by atoms with Crippen molar-refractivity contribution in [2.45, 2.75) is 25.6 Å². The first-order valence-corrected chi connectivity index (χ1v) is 7.65. The summed E-state index contributed by atoms with van der Waals surface area (Å²) in [5, 5.41) is 3.90. The van der Waals surface area contributed by atoms with Crippen molar-refractivity contribution in [1.29, 1.82) is 0 Å². The zero-order valence-corrected chi connectivity index (χ0v) is 13.9. The molecule has 0 spiro atoms. The number of fused-ring (bicyclic) bond motifs is 1. The van der Waals surface area contributed by atoms with Crippen LogP contribution in [0.4, 0.5) is 13.2 Å². The molecule has 1 aliphatic carbocycles. The molecule has 0 aromatic carbocycles. The molecule has 1 fully saturated rings. The number of hydrogen-bond acceptors (Lipinski definition) is 5. The van der Waals surface area contributed by atoms with Crippen molar-refractivity contribution in [2.75, 3.05) is 6.54 Å². The Morgan fingerprint density at radius 3 is 2.54 bits per heavy atom. The lowest BCUT2D eigenvalue weighted by atomic mass is 9.94. The van der Waals surface area contributed by atoms with E-state index in [-0.39, 0.29) is 24.6 Å². The molecular weight excluding hydrogens is 355 g/mol. The third-order valence-corrected chi connectivity index (χ3v) is 4.52. The number of aromatic nitrogens is 2. The second-order valence-corrected chi connectivity index (χ2v) is 6.15. The minimum absolute atomic E-state index is 0.0173. The van der Waals surface area contributed by atoms with E-state index in [2.05, 4.69) is 5.32 Å². The third kappa shape index (κ3) is 2.73. The molecule has 0 radical (unpaired) electrons. The fraction of sp³-hybridized carbons (Fsp3) is 0.400. The number of piperazine rings is 1. The molecule has 1 aliphatic heterocycles. The molecule has 26 heavy (non-hydrogen) atoms. The minimum Gasteiger partial charge on any atom is -0.378 e. The Hall–Kier alpha value is -2.82. The molecule has 2 aliphatic rings. The van der Waals surface area contributed by atoms with Gasteiger partial charge in [0.1, 0.15) is 5.69 Å². The summed E-state index contributed by atoms with van der Waals surface area (Å²) < 4.78 is 40.0. The molecular formula is C15H16F3N5O3. The second-order valence-electron chi connectivity index (χ2n) is 6.15. The van der Waals surface area contributed by atoms with Crippen molar-refractivity contribution in [3.05, 3.63) is 49.9 Å². The predicted octanol–water partition coefficient (Wildman–Crippen LogP) is -0.241. The van der Waals surface area contributed by atoms with Gasteiger partial charge in [0, 0.05) is 30.9 Å². The fourth-order valence-corrected chi connectivity index (χ4v) is 3.14. The summed E-state index contributed by atoms with van der Waals surface area (Å²) >= 11 is 0. The van der Waals surface area contributed by atoms with Gasteiger partial charge in [-0.25, -0.2) is 15.2 Å². The van der Waals surface area contributed by atoms with Crippen molar-refractivity contribution >= 4 is 11.6 Å². The van der Waals surface area contributed by atoms with Crippen LogP contribution in [-0.2, 0) is 18.0 Å². The van der Waals surface area contributed by atoms with Crippen molar-refractivity contribution in [2.24, 2.45) is 12.9 Å². The maximum atomic E-state index is 13.0. The number of allylic oxidation sites excluding steroid dienone is 2. The molecule has 1 amide bonds. The van der Waals surface area contributed by atoms with Crippen LogP contribution in [0.5, 0.6) is 0 Å². The maximum absolute atomic E-state index is 13.0. The Kier molecular flexibility index (Phi) is 4.06. The summed E-state index contributed by atoms with van der Waals surface area (Å²) in [4.78, 5) is 36.5. The van der Waals surface area contributed by atoms with Gasteiger partial charge >= 0.3 is 11.9 Å². The molecule has 11 heteroatoms. The molecule has 0 saturated carbocycles. The lowest BCUT2D eigenvalue weighted by molar-refractivity contribution is -0.144. The number of nitrogens with zero attached hydrogens (tertiary/aromatic N) is 3. The highest BCUT2D eigenvalue weighted by atomic mass is 19.4. The topological polar surface area (TPSA) is 102 Å². The van der Waals surface area contributed by atoms with Crippen LogP contribution in [0.3, 0.4) is 0 Å². The first kappa shape index (κ1) is 18.0. The highest BCUT2D eigenvalue weighted by molar-refractivity contribution is 5.81. The number of halogens is 3. The van der Waals surface area contributed by atoms with E-state index < -0.39 is 29.2 Å². The van der Waals surface area contributed by atoms with Gasteiger partial charge in [0.15, 0.2) is 0 Å². The van der Waals surface area contributed by atoms with E-state index in [9.17, 15) is 27.6 Å². The smallest absolute Gasteiger partial charge is 0.378 e. The molecule has 3 rings (SSSR count). The predicted molar refractivity (Wildman–Crippen MR) is 85.4 cm³/mol. The first-order valence-electron chi connectivity index (χ1n) is 7.65. The third-order valence-electron chi connectivity index (χ3n) is 4.52. The molecule has 2 heterocycles. The van der Waals surface area contributed by atoms with Crippen LogP contribution in [-0.4, -0.2) is 32.6 Å². The van der Waals surface area contributed by atoms with Gasteiger partial charge in [0.25, 0.3) is 11.5 Å². The summed E-state index contributed by atoms with van der Waals surface area (Å²) in [5.74, 6) is 5.39. The molecule has 1 atom stereocenters. The Labute approximate surface area is 145 Å². The lowest BCUT2D eigenvalue weighted by Gasteiger charge is -2.38. The van der Waals surface area contributed by atoms with Crippen LogP contribution in [0.25, 0.3) is 5.70 Å². The normalized spacial score (nSPS) is 20.7. The van der Waals surface area contributed by atoms with E-state index in [0.29, 0.717) is 26.5 Å². The SMILES string of the molecule is CC1=C(n2c(=O)cc(C(F)(F)F)n(C)c2=O)CC2C(=C1)NCC(=O)N2N. The highest BCUT2D eigenvalue weighted by Crippen LogP contribution is 2.30. The summed E-state index contributed by atoms with van der Waals surface area (Å²) in [6, 6.07) is -0.250. The van der Waals surface area contributed by atoms with Crippen LogP contribution in [0.1, 0.15) is 19.0 Å². The summed E-state index contributed by atoms with van der Waals surface area (Å²) in [5.41, 5.74) is -2.18. The van der Waals surface area contributed by atoms with Gasteiger partial charge in [0.05, 0.1) is 12.6 Å². The number of rotatable bonds is 1. The maximum Gasteiger partial charge on any atom is 0.431 e. The Balaban J connectivity index is 2.17. The van der Waals surface area contributed by atoms with Crippen LogP contribution in [0.2, 0.25) is 0 Å². The Morgan fingerprint density at radius 2 is 1.92 bits per heavy atom. The van der Waals surface area contributed by atoms with Crippen LogP contribution in [0, 0.1) is 0 Å². The molecule has 1 aromatic heterocycles. The molecule has 1 saturated heterocycles. The van der Waals surface area contributed by atoms with E-state index in [1.54, 1.807) is 13.0 Å². The minimum atomic E-state index is -4.83. The van der Waals surface area contributed by atoms with Gasteiger partial charge in [0.2, 0.25) is 0 Å². The van der Waals surface area contributed by atoms with E-state index in [0.717, 1.165) is 12.1 Å². The van der Waals surface area contributed by atoms with Crippen LogP contribution >= 0.6 is 0 Å². The summed E-state index contributed by atoms with van der Waals surface area (Å²) in [6.07, 6.45) is -3.18. The quantitative estimate of drug-likeness (QED) is 0.524. The number of carbonyl (C=O) groups excluding carboxylic acids is 1. The average molecular weight is 371 g/mol. The van der Waals surface area contributed by atoms with Gasteiger partial charge in [-0.1, -0.05) is 0 Å². The number of carbonyl (C=O) groups is 1. The van der Waals surface area contributed by atoms with Gasteiger partial charge in [-0.2, -0.15) is 13.2 Å². The first-order chi connectivity index (χ1) is 12.0. The lowest BCUT2D eigenvalue weighted by Crippen LogP contribution is -2.57. The largest absolute Gasteiger partial charge is 0.431 e. The number of amides is 1. The van der Waals surface area contributed by atoms with Gasteiger partial charge in [-0.3, -0.25) is 19.2 Å². The molecule has 140 valence electrons. The van der Waals surface area contributed by atoms with Gasteiger partial charge in [-0.15, -0.1) is 0 Å². The van der Waals surface area contributed by atoms with Crippen molar-refractivity contribution in [1.82, 2.24) is 19.5 Å². The molecule has 0 bridgehead atoms. The number of hydrogen-bond donors (Lipinski definition) is 2. The molecule has 1 aromatic rings. The number of nitrogens with two attached hydrogens (primary N) is 1. The number of nitrogens with one attached hydrogen (secondary N) is 1. The number of alkyl halides is 3. The monoisotopic (exact) mass is 371 g/mol. The average Bonchev–Trinajstić information content (AvgIpc) is 2.54. The van der Waals surface area contributed by atoms with Gasteiger partial charge in [-0.05, 0) is 18.6 Å². The number of hydrazine groups is 1. The van der Waals surface area contributed by atoms with Crippen LogP contribution in [0.15, 0.2) is 33.0 Å². The standard InChI is InChI=1S/C15H16F3N5O3/c1-7-3-8-10(23(19)13(25)6-20-8)4-9(7)22-12(24)5-11(15(16,17)18)21(2)14(22)26/h3,5,10,20H,4,6,19H2,1-2H3. The molecule has 1 unspecified atom stereocenters. The second kappa shape index (κ2) is 5.87. The summed E-state index contributed by atoms with van der Waals surface area (Å²) in [6.45, 7) is 1.64. The van der Waals surface area contributed by atoms with E-state index >= 15 is 0 Å². The van der Waals surface area contributed by atoms with E-state index in [1.807, 2.05) is 0 Å². The van der Waals surface area contributed by atoms with Crippen molar-refractivity contribution < 1.29 is 18.0 Å². The zero-order chi connectivity index (χ0) is 19.4. The van der Waals surface area contributed by atoms with Crippen molar-refractivity contribution in [3.8, 4) is 0 Å². The van der Waals surface area contributed by atoms with E-state index in [4.69, 9.17) is 5.84 Å². The van der Waals surface area contributed by atoms with Gasteiger partial charge < -0.3 is 5.32 Å². The summed E-state index contributed by atoms with van der Waals surface area (Å²) in [7, 11) is 0.946. The zero-order valence-electron chi connectivity index (χ0n) is 13.9. The Bertz CT molecular complexity index is 970. The van der Waals surface area contributed by atoms with E-state index in [1.165, 1.54) is 0 Å².